The van der Waals surface area contributed by atoms with Crippen LogP contribution in [0.3, 0.4) is 0 Å². The van der Waals surface area contributed by atoms with Gasteiger partial charge < -0.3 is 4.57 Å². The summed E-state index contributed by atoms with van der Waals surface area (Å²) in [5, 5.41) is 2.27. The fraction of sp³-hybridized carbons (Fsp3) is 0.0377. The highest BCUT2D eigenvalue weighted by atomic mass is 15.1. The zero-order valence-electron chi connectivity index (χ0n) is 30.9. The quantitative estimate of drug-likeness (QED) is 0.177. The lowest BCUT2D eigenvalue weighted by Gasteiger charge is -2.50. The van der Waals surface area contributed by atoms with Crippen LogP contribution in [0.2, 0.25) is 0 Å². The van der Waals surface area contributed by atoms with Crippen LogP contribution in [0.15, 0.2) is 200 Å². The number of nitrogens with zero attached hydrogens (tertiary/aromatic N) is 4. The molecule has 0 saturated heterocycles. The van der Waals surface area contributed by atoms with Crippen molar-refractivity contribution in [2.45, 2.75) is 11.3 Å². The number of fused-ring (bicyclic) bond motifs is 3. The molecular weight excluding hydrogens is 693 g/mol. The van der Waals surface area contributed by atoms with Crippen molar-refractivity contribution in [3.63, 3.8) is 0 Å². The average Bonchev–Trinajstić information content (AvgIpc) is 3.64. The minimum absolute atomic E-state index is 0.0886. The Labute approximate surface area is 330 Å². The van der Waals surface area contributed by atoms with E-state index in [1.165, 1.54) is 44.5 Å². The molecule has 0 spiro atoms. The first-order valence-electron chi connectivity index (χ1n) is 19.6. The summed E-state index contributed by atoms with van der Waals surface area (Å²) in [6.45, 7) is 0. The second-order valence-corrected chi connectivity index (χ2v) is 15.1. The molecular formula is C53H34N4. The largest absolute Gasteiger partial charge is 0.309 e. The van der Waals surface area contributed by atoms with Crippen LogP contribution in [0.1, 0.15) is 45.1 Å². The van der Waals surface area contributed by atoms with Crippen molar-refractivity contribution in [2.24, 2.45) is 0 Å². The fourth-order valence-corrected chi connectivity index (χ4v) is 9.98. The SMILES string of the molecule is c1ccc(-c2nc(-c3cccc4c3c3ccccc3n4-c3ccccc3)nc(C34c5ccccc5C(c5ccccc53)c3cccc(-c5ccccc5)c34)n2)cc1. The molecule has 0 aliphatic heterocycles. The minimum Gasteiger partial charge on any atom is -0.309 e. The maximum atomic E-state index is 5.76. The molecule has 0 saturated carbocycles. The average molecular weight is 727 g/mol. The molecule has 0 N–H and O–H groups in total. The van der Waals surface area contributed by atoms with Crippen LogP contribution in [0.4, 0.5) is 0 Å². The van der Waals surface area contributed by atoms with Gasteiger partial charge >= 0.3 is 0 Å². The van der Waals surface area contributed by atoms with Crippen LogP contribution in [0, 0.1) is 0 Å². The van der Waals surface area contributed by atoms with Gasteiger partial charge in [-0.15, -0.1) is 0 Å². The van der Waals surface area contributed by atoms with Crippen molar-refractivity contribution in [2.75, 3.05) is 0 Å². The van der Waals surface area contributed by atoms with Crippen molar-refractivity contribution >= 4 is 21.8 Å². The first-order valence-corrected chi connectivity index (χ1v) is 19.6. The molecule has 8 aromatic carbocycles. The van der Waals surface area contributed by atoms with Crippen LogP contribution < -0.4 is 0 Å². The van der Waals surface area contributed by atoms with Crippen molar-refractivity contribution in [3.05, 3.63) is 239 Å². The fourth-order valence-electron chi connectivity index (χ4n) is 9.98. The van der Waals surface area contributed by atoms with E-state index in [1.54, 1.807) is 0 Å². The lowest BCUT2D eigenvalue weighted by Crippen LogP contribution is -2.45. The maximum Gasteiger partial charge on any atom is 0.164 e. The zero-order valence-corrected chi connectivity index (χ0v) is 30.9. The third kappa shape index (κ3) is 4.47. The molecule has 266 valence electrons. The molecule has 0 amide bonds. The van der Waals surface area contributed by atoms with E-state index in [2.05, 4.69) is 199 Å². The summed E-state index contributed by atoms with van der Waals surface area (Å²) < 4.78 is 2.35. The maximum absolute atomic E-state index is 5.76. The molecule has 2 heterocycles. The normalized spacial score (nSPS) is 16.3. The minimum atomic E-state index is -0.836. The predicted octanol–water partition coefficient (Wildman–Crippen LogP) is 12.2. The van der Waals surface area contributed by atoms with E-state index >= 15 is 0 Å². The van der Waals surface area contributed by atoms with E-state index in [-0.39, 0.29) is 5.92 Å². The number of hydrogen-bond acceptors (Lipinski definition) is 3. The lowest BCUT2D eigenvalue weighted by molar-refractivity contribution is 0.593. The molecule has 0 atom stereocenters. The van der Waals surface area contributed by atoms with E-state index in [0.29, 0.717) is 11.6 Å². The molecule has 57 heavy (non-hydrogen) atoms. The highest BCUT2D eigenvalue weighted by Crippen LogP contribution is 2.63. The smallest absolute Gasteiger partial charge is 0.164 e. The first kappa shape index (κ1) is 31.9. The topological polar surface area (TPSA) is 43.6 Å². The molecule has 4 heteroatoms. The van der Waals surface area contributed by atoms with Gasteiger partial charge in [0, 0.05) is 33.5 Å². The molecule has 3 aliphatic carbocycles. The van der Waals surface area contributed by atoms with E-state index in [9.17, 15) is 0 Å². The van der Waals surface area contributed by atoms with Gasteiger partial charge in [0.2, 0.25) is 0 Å². The monoisotopic (exact) mass is 726 g/mol. The number of hydrogen-bond donors (Lipinski definition) is 0. The summed E-state index contributed by atoms with van der Waals surface area (Å²) in [5.41, 5.74) is 14.4. The Bertz CT molecular complexity index is 3140. The van der Waals surface area contributed by atoms with E-state index in [1.807, 2.05) is 6.07 Å². The standard InChI is InChI=1S/C53H34N4/c1-4-18-34(19-5-1)37-27-16-28-41-47-38-24-10-13-30-43(38)53(49(37)41,44-31-14-11-25-39(44)47)52-55-50(35-20-6-2-7-21-35)54-51(56-52)42-29-17-33-46-48(42)40-26-12-15-32-45(40)57(46)36-22-8-3-9-23-36/h1-33,47H. The third-order valence-corrected chi connectivity index (χ3v) is 12.2. The summed E-state index contributed by atoms with van der Waals surface area (Å²) >= 11 is 0. The Hall–Kier alpha value is -7.43. The summed E-state index contributed by atoms with van der Waals surface area (Å²) in [6, 6.07) is 71.7. The van der Waals surface area contributed by atoms with Gasteiger partial charge in [-0.3, -0.25) is 0 Å². The van der Waals surface area contributed by atoms with Crippen LogP contribution in [0.5, 0.6) is 0 Å². The second-order valence-electron chi connectivity index (χ2n) is 15.1. The Morgan fingerprint density at radius 2 is 0.947 bits per heavy atom. The van der Waals surface area contributed by atoms with Crippen molar-refractivity contribution < 1.29 is 0 Å². The molecule has 4 nitrogen and oxygen atoms in total. The van der Waals surface area contributed by atoms with Gasteiger partial charge in [-0.05, 0) is 68.8 Å². The van der Waals surface area contributed by atoms with Gasteiger partial charge in [-0.2, -0.15) is 0 Å². The molecule has 10 aromatic rings. The Morgan fingerprint density at radius 1 is 0.404 bits per heavy atom. The van der Waals surface area contributed by atoms with Crippen molar-refractivity contribution in [3.8, 4) is 39.6 Å². The van der Waals surface area contributed by atoms with E-state index < -0.39 is 5.41 Å². The van der Waals surface area contributed by atoms with Crippen molar-refractivity contribution in [1.29, 1.82) is 0 Å². The van der Waals surface area contributed by atoms with Gasteiger partial charge in [-0.25, -0.2) is 15.0 Å². The van der Waals surface area contributed by atoms with Gasteiger partial charge in [0.05, 0.1) is 11.0 Å². The van der Waals surface area contributed by atoms with E-state index in [0.717, 1.165) is 44.4 Å². The van der Waals surface area contributed by atoms with Crippen molar-refractivity contribution in [1.82, 2.24) is 19.5 Å². The summed E-state index contributed by atoms with van der Waals surface area (Å²) in [4.78, 5) is 16.8. The van der Waals surface area contributed by atoms with Crippen LogP contribution >= 0.6 is 0 Å². The number of para-hydroxylation sites is 2. The molecule has 0 radical (unpaired) electrons. The molecule has 13 rings (SSSR count). The highest BCUT2D eigenvalue weighted by molar-refractivity contribution is 6.15. The van der Waals surface area contributed by atoms with Crippen LogP contribution in [0.25, 0.3) is 61.4 Å². The lowest BCUT2D eigenvalue weighted by atomic mass is 9.51. The predicted molar refractivity (Wildman–Crippen MR) is 230 cm³/mol. The summed E-state index contributed by atoms with van der Waals surface area (Å²) in [7, 11) is 0. The third-order valence-electron chi connectivity index (χ3n) is 12.2. The summed E-state index contributed by atoms with van der Waals surface area (Å²) in [5.74, 6) is 2.11. The highest BCUT2D eigenvalue weighted by Gasteiger charge is 2.55. The molecule has 3 aliphatic rings. The van der Waals surface area contributed by atoms with Crippen LogP contribution in [-0.2, 0) is 5.41 Å². The number of rotatable bonds is 5. The Balaban J connectivity index is 1.24. The van der Waals surface area contributed by atoms with Gasteiger partial charge in [0.15, 0.2) is 17.5 Å². The van der Waals surface area contributed by atoms with Gasteiger partial charge in [-0.1, -0.05) is 176 Å². The van der Waals surface area contributed by atoms with E-state index in [4.69, 9.17) is 15.0 Å². The first-order chi connectivity index (χ1) is 28.3. The molecule has 0 unspecified atom stereocenters. The van der Waals surface area contributed by atoms with Crippen LogP contribution in [-0.4, -0.2) is 19.5 Å². The zero-order chi connectivity index (χ0) is 37.5. The molecule has 2 bridgehead atoms. The van der Waals surface area contributed by atoms with Gasteiger partial charge in [0.25, 0.3) is 0 Å². The Morgan fingerprint density at radius 3 is 1.68 bits per heavy atom. The summed E-state index contributed by atoms with van der Waals surface area (Å²) in [6.07, 6.45) is 0. The molecule has 0 fully saturated rings. The second kappa shape index (κ2) is 12.3. The molecule has 2 aromatic heterocycles. The van der Waals surface area contributed by atoms with Gasteiger partial charge in [0.1, 0.15) is 5.41 Å². The number of benzene rings is 8. The Kier molecular flexibility index (Phi) is 6.87. The number of aromatic nitrogens is 4.